The molecular weight excluding hydrogens is 341 g/mol. The van der Waals surface area contributed by atoms with E-state index in [4.69, 9.17) is 4.74 Å². The Kier molecular flexibility index (Phi) is 4.34. The highest BCUT2D eigenvalue weighted by molar-refractivity contribution is 5.95. The third kappa shape index (κ3) is 2.96. The fourth-order valence-corrected chi connectivity index (χ4v) is 5.43. The largest absolute Gasteiger partial charge is 0.384 e. The number of likely N-dealkylation sites (tertiary alicyclic amines) is 1. The maximum absolute atomic E-state index is 14.0. The van der Waals surface area contributed by atoms with E-state index in [2.05, 4.69) is 13.8 Å². The molecule has 0 radical (unpaired) electrons. The summed E-state index contributed by atoms with van der Waals surface area (Å²) in [6, 6.07) is 13.9. The number of fused-ring (bicyclic) bond motifs is 1. The van der Waals surface area contributed by atoms with Gasteiger partial charge in [0.05, 0.1) is 6.61 Å². The van der Waals surface area contributed by atoms with Gasteiger partial charge in [-0.3, -0.25) is 4.79 Å². The molecule has 0 spiro atoms. The Balaban J connectivity index is 1.53. The molecule has 1 saturated heterocycles. The van der Waals surface area contributed by atoms with Crippen molar-refractivity contribution in [2.24, 2.45) is 16.7 Å². The van der Waals surface area contributed by atoms with Gasteiger partial charge in [0.15, 0.2) is 0 Å². The van der Waals surface area contributed by atoms with E-state index in [1.54, 1.807) is 31.4 Å². The Hall–Kier alpha value is -2.20. The number of carbonyl (C=O) groups excluding carboxylic acids is 1. The molecule has 2 aliphatic rings. The number of rotatable bonds is 4. The lowest BCUT2D eigenvalue weighted by molar-refractivity contribution is -0.107. The second-order valence-electron chi connectivity index (χ2n) is 8.76. The molecule has 1 heterocycles. The lowest BCUT2D eigenvalue weighted by Gasteiger charge is -2.56. The summed E-state index contributed by atoms with van der Waals surface area (Å²) in [4.78, 5) is 15.0. The summed E-state index contributed by atoms with van der Waals surface area (Å²) in [5.74, 6) is 0.277. The van der Waals surface area contributed by atoms with E-state index >= 15 is 0 Å². The SMILES string of the molecule is COC[C@@]12CN(C(=O)c3ccc(-c4ccccc4F)cc3)C[C@@H]1C(C)(C)C2. The summed E-state index contributed by atoms with van der Waals surface area (Å²) in [5.41, 5.74) is 2.34. The van der Waals surface area contributed by atoms with Gasteiger partial charge in [-0.25, -0.2) is 4.39 Å². The van der Waals surface area contributed by atoms with Gasteiger partial charge in [-0.05, 0) is 41.5 Å². The van der Waals surface area contributed by atoms with Crippen molar-refractivity contribution < 1.29 is 13.9 Å². The molecule has 0 unspecified atom stereocenters. The molecule has 1 aliphatic carbocycles. The van der Waals surface area contributed by atoms with Crippen molar-refractivity contribution in [3.63, 3.8) is 0 Å². The molecule has 2 aromatic rings. The lowest BCUT2D eigenvalue weighted by Crippen LogP contribution is -2.55. The quantitative estimate of drug-likeness (QED) is 0.789. The van der Waals surface area contributed by atoms with E-state index in [0.717, 1.165) is 25.1 Å². The van der Waals surface area contributed by atoms with Crippen LogP contribution in [-0.4, -0.2) is 37.6 Å². The van der Waals surface area contributed by atoms with Crippen molar-refractivity contribution in [3.8, 4) is 11.1 Å². The number of hydrogen-bond acceptors (Lipinski definition) is 2. The first kappa shape index (κ1) is 18.2. The van der Waals surface area contributed by atoms with Gasteiger partial charge in [-0.1, -0.05) is 44.2 Å². The summed E-state index contributed by atoms with van der Waals surface area (Å²) in [7, 11) is 1.74. The van der Waals surface area contributed by atoms with Gasteiger partial charge in [-0.2, -0.15) is 0 Å². The van der Waals surface area contributed by atoms with E-state index in [0.29, 0.717) is 23.7 Å². The molecule has 1 amide bonds. The molecule has 2 fully saturated rings. The zero-order valence-electron chi connectivity index (χ0n) is 16.2. The molecule has 0 N–H and O–H groups in total. The van der Waals surface area contributed by atoms with Crippen molar-refractivity contribution >= 4 is 5.91 Å². The van der Waals surface area contributed by atoms with Crippen molar-refractivity contribution in [1.82, 2.24) is 4.90 Å². The standard InChI is InChI=1S/C23H26FNO2/c1-22(2)13-23(15-27-3)14-25(12-20(22)23)21(26)17-10-8-16(9-11-17)18-6-4-5-7-19(18)24/h4-11,20H,12-15H2,1-3H3/t20-,23-/m1/s1. The number of amides is 1. The minimum atomic E-state index is -0.253. The maximum atomic E-state index is 14.0. The summed E-state index contributed by atoms with van der Waals surface area (Å²) in [5, 5.41) is 0. The van der Waals surface area contributed by atoms with Gasteiger partial charge in [0.1, 0.15) is 5.82 Å². The van der Waals surface area contributed by atoms with Crippen LogP contribution in [0.4, 0.5) is 4.39 Å². The Morgan fingerprint density at radius 3 is 2.52 bits per heavy atom. The average Bonchev–Trinajstić information content (AvgIpc) is 2.97. The van der Waals surface area contributed by atoms with Crippen LogP contribution in [0.25, 0.3) is 11.1 Å². The number of nitrogens with zero attached hydrogens (tertiary/aromatic N) is 1. The summed E-state index contributed by atoms with van der Waals surface area (Å²) in [6.45, 7) is 6.80. The van der Waals surface area contributed by atoms with Crippen LogP contribution in [0.2, 0.25) is 0 Å². The van der Waals surface area contributed by atoms with Crippen molar-refractivity contribution in [2.75, 3.05) is 26.8 Å². The van der Waals surface area contributed by atoms with Crippen LogP contribution in [0.5, 0.6) is 0 Å². The molecular formula is C23H26FNO2. The normalized spacial score (nSPS) is 25.8. The number of benzene rings is 2. The Bertz CT molecular complexity index is 861. The number of ether oxygens (including phenoxy) is 1. The maximum Gasteiger partial charge on any atom is 0.253 e. The van der Waals surface area contributed by atoms with Crippen molar-refractivity contribution in [2.45, 2.75) is 20.3 Å². The second-order valence-corrected chi connectivity index (χ2v) is 8.76. The number of carbonyl (C=O) groups is 1. The fraction of sp³-hybridized carbons (Fsp3) is 0.435. The summed E-state index contributed by atoms with van der Waals surface area (Å²) >= 11 is 0. The zero-order chi connectivity index (χ0) is 19.2. The van der Waals surface area contributed by atoms with E-state index in [9.17, 15) is 9.18 Å². The Labute approximate surface area is 160 Å². The molecule has 4 heteroatoms. The molecule has 3 nitrogen and oxygen atoms in total. The summed E-state index contributed by atoms with van der Waals surface area (Å²) < 4.78 is 19.5. The molecule has 0 aromatic heterocycles. The van der Waals surface area contributed by atoms with Crippen molar-refractivity contribution in [1.29, 1.82) is 0 Å². The van der Waals surface area contributed by atoms with E-state index in [1.165, 1.54) is 6.07 Å². The predicted octanol–water partition coefficient (Wildman–Crippen LogP) is 4.63. The fourth-order valence-electron chi connectivity index (χ4n) is 5.43. The number of halogens is 1. The molecule has 4 rings (SSSR count). The zero-order valence-corrected chi connectivity index (χ0v) is 16.2. The van der Waals surface area contributed by atoms with Gasteiger partial charge in [0, 0.05) is 36.7 Å². The van der Waals surface area contributed by atoms with E-state index in [1.807, 2.05) is 23.1 Å². The molecule has 27 heavy (non-hydrogen) atoms. The van der Waals surface area contributed by atoms with Crippen LogP contribution < -0.4 is 0 Å². The molecule has 1 saturated carbocycles. The molecule has 2 atom stereocenters. The Morgan fingerprint density at radius 2 is 1.89 bits per heavy atom. The van der Waals surface area contributed by atoms with Gasteiger partial charge in [-0.15, -0.1) is 0 Å². The molecule has 0 bridgehead atoms. The topological polar surface area (TPSA) is 29.5 Å². The van der Waals surface area contributed by atoms with Crippen LogP contribution in [0, 0.1) is 22.6 Å². The summed E-state index contributed by atoms with van der Waals surface area (Å²) in [6.07, 6.45) is 1.09. The number of hydrogen-bond donors (Lipinski definition) is 0. The highest BCUT2D eigenvalue weighted by Crippen LogP contribution is 2.62. The number of methoxy groups -OCH3 is 1. The average molecular weight is 367 g/mol. The van der Waals surface area contributed by atoms with Crippen LogP contribution in [0.1, 0.15) is 30.6 Å². The van der Waals surface area contributed by atoms with E-state index in [-0.39, 0.29) is 22.6 Å². The molecule has 1 aliphatic heterocycles. The highest BCUT2D eigenvalue weighted by Gasteiger charge is 2.63. The second kappa shape index (κ2) is 6.45. The van der Waals surface area contributed by atoms with Gasteiger partial charge in [0.25, 0.3) is 5.91 Å². The van der Waals surface area contributed by atoms with Gasteiger partial charge >= 0.3 is 0 Å². The Morgan fingerprint density at radius 1 is 1.19 bits per heavy atom. The third-order valence-corrected chi connectivity index (χ3v) is 6.43. The van der Waals surface area contributed by atoms with E-state index < -0.39 is 0 Å². The van der Waals surface area contributed by atoms with Crippen molar-refractivity contribution in [3.05, 3.63) is 59.9 Å². The van der Waals surface area contributed by atoms with Crippen LogP contribution in [0.15, 0.2) is 48.5 Å². The minimum Gasteiger partial charge on any atom is -0.384 e. The minimum absolute atomic E-state index is 0.0516. The smallest absolute Gasteiger partial charge is 0.253 e. The van der Waals surface area contributed by atoms with Gasteiger partial charge in [0.2, 0.25) is 0 Å². The van der Waals surface area contributed by atoms with Gasteiger partial charge < -0.3 is 9.64 Å². The first-order valence-electron chi connectivity index (χ1n) is 9.49. The first-order valence-corrected chi connectivity index (χ1v) is 9.49. The monoisotopic (exact) mass is 367 g/mol. The van der Waals surface area contributed by atoms with Crippen LogP contribution >= 0.6 is 0 Å². The third-order valence-electron chi connectivity index (χ3n) is 6.43. The molecule has 142 valence electrons. The molecule has 2 aromatic carbocycles. The lowest BCUT2D eigenvalue weighted by atomic mass is 9.48. The van der Waals surface area contributed by atoms with Crippen LogP contribution in [-0.2, 0) is 4.74 Å². The first-order chi connectivity index (χ1) is 12.9. The van der Waals surface area contributed by atoms with Crippen LogP contribution in [0.3, 0.4) is 0 Å². The highest BCUT2D eigenvalue weighted by atomic mass is 19.1. The predicted molar refractivity (Wildman–Crippen MR) is 104 cm³/mol.